The van der Waals surface area contributed by atoms with E-state index in [-0.39, 0.29) is 12.4 Å². The van der Waals surface area contributed by atoms with Crippen molar-refractivity contribution in [3.05, 3.63) is 47.6 Å². The average Bonchev–Trinajstić information content (AvgIpc) is 3.06. The lowest BCUT2D eigenvalue weighted by molar-refractivity contribution is -0.647. The first-order valence-electron chi connectivity index (χ1n) is 11.7. The Morgan fingerprint density at radius 3 is 2.69 bits per heavy atom. The van der Waals surface area contributed by atoms with Crippen LogP contribution in [0.1, 0.15) is 73.1 Å². The summed E-state index contributed by atoms with van der Waals surface area (Å²) in [6.45, 7) is 12.5. The van der Waals surface area contributed by atoms with Gasteiger partial charge in [0.2, 0.25) is 5.52 Å². The minimum atomic E-state index is 0. The number of allylic oxidation sites excluding steroid dienone is 6. The van der Waals surface area contributed by atoms with E-state index in [0.717, 1.165) is 36.5 Å². The Hall–Kier alpha value is -2.14. The molecular formula is C26H40ClN5. The van der Waals surface area contributed by atoms with E-state index in [4.69, 9.17) is 5.73 Å². The quantitative estimate of drug-likeness (QED) is 0.489. The molecule has 2 atom stereocenters. The minimum absolute atomic E-state index is 0. The molecule has 1 aliphatic carbocycles. The van der Waals surface area contributed by atoms with Gasteiger partial charge in [0.1, 0.15) is 0 Å². The lowest BCUT2D eigenvalue weighted by Crippen LogP contribution is -3.00. The number of aryl methyl sites for hydroxylation is 1. The van der Waals surface area contributed by atoms with Crippen LogP contribution < -0.4 is 22.7 Å². The lowest BCUT2D eigenvalue weighted by atomic mass is 9.65. The highest BCUT2D eigenvalue weighted by atomic mass is 35.5. The highest BCUT2D eigenvalue weighted by Crippen LogP contribution is 2.45. The molecule has 0 saturated heterocycles. The van der Waals surface area contributed by atoms with Crippen molar-refractivity contribution in [3.63, 3.8) is 0 Å². The van der Waals surface area contributed by atoms with E-state index in [2.05, 4.69) is 67.4 Å². The first kappa shape index (κ1) is 26.1. The zero-order valence-electron chi connectivity index (χ0n) is 20.7. The van der Waals surface area contributed by atoms with Gasteiger partial charge in [0.15, 0.2) is 18.5 Å². The predicted molar refractivity (Wildman–Crippen MR) is 129 cm³/mol. The molecule has 5 nitrogen and oxygen atoms in total. The normalized spacial score (nSPS) is 22.1. The maximum absolute atomic E-state index is 6.08. The molecule has 176 valence electrons. The molecule has 0 amide bonds. The second kappa shape index (κ2) is 11.1. The summed E-state index contributed by atoms with van der Waals surface area (Å²) in [5.74, 6) is 1.31. The van der Waals surface area contributed by atoms with E-state index < -0.39 is 0 Å². The van der Waals surface area contributed by atoms with Crippen LogP contribution in [-0.4, -0.2) is 14.5 Å². The van der Waals surface area contributed by atoms with Crippen LogP contribution >= 0.6 is 0 Å². The van der Waals surface area contributed by atoms with Crippen molar-refractivity contribution in [2.45, 2.75) is 79.7 Å². The highest BCUT2D eigenvalue weighted by Gasteiger charge is 2.34. The summed E-state index contributed by atoms with van der Waals surface area (Å²) in [6.07, 6.45) is 17.9. The number of hydrogen-bond donors (Lipinski definition) is 1. The van der Waals surface area contributed by atoms with Gasteiger partial charge < -0.3 is 18.1 Å². The molecule has 2 N–H and O–H groups in total. The smallest absolute Gasteiger partial charge is 0.307 e. The van der Waals surface area contributed by atoms with Gasteiger partial charge in [-0.2, -0.15) is 4.98 Å². The Morgan fingerprint density at radius 1 is 1.25 bits per heavy atom. The van der Waals surface area contributed by atoms with Crippen LogP contribution in [0.15, 0.2) is 47.6 Å². The molecule has 0 fully saturated rings. The van der Waals surface area contributed by atoms with Gasteiger partial charge in [0.25, 0.3) is 0 Å². The van der Waals surface area contributed by atoms with Crippen LogP contribution in [0.2, 0.25) is 0 Å². The van der Waals surface area contributed by atoms with E-state index in [1.807, 2.05) is 17.9 Å². The number of halogens is 1. The number of anilines is 1. The molecule has 6 heteroatoms. The van der Waals surface area contributed by atoms with E-state index in [9.17, 15) is 0 Å². The molecule has 0 aliphatic heterocycles. The second-order valence-corrected chi connectivity index (χ2v) is 9.73. The first-order valence-corrected chi connectivity index (χ1v) is 11.7. The summed E-state index contributed by atoms with van der Waals surface area (Å²) < 4.78 is 4.12. The van der Waals surface area contributed by atoms with Crippen molar-refractivity contribution in [2.75, 3.05) is 5.73 Å². The van der Waals surface area contributed by atoms with Crippen molar-refractivity contribution < 1.29 is 17.0 Å². The molecule has 0 spiro atoms. The minimum Gasteiger partial charge on any atom is -1.00 e. The second-order valence-electron chi connectivity index (χ2n) is 9.73. The van der Waals surface area contributed by atoms with E-state index in [0.29, 0.717) is 11.2 Å². The predicted octanol–water partition coefficient (Wildman–Crippen LogP) is 2.68. The molecule has 2 aromatic heterocycles. The topological polar surface area (TPSA) is 60.6 Å². The number of imidazole rings is 1. The van der Waals surface area contributed by atoms with Gasteiger partial charge in [-0.25, -0.2) is 4.57 Å². The van der Waals surface area contributed by atoms with Crippen LogP contribution in [0.4, 0.5) is 5.82 Å². The van der Waals surface area contributed by atoms with Gasteiger partial charge >= 0.3 is 5.65 Å². The van der Waals surface area contributed by atoms with Gasteiger partial charge in [-0.3, -0.25) is 4.57 Å². The Morgan fingerprint density at radius 2 is 1.97 bits per heavy atom. The van der Waals surface area contributed by atoms with E-state index in [1.54, 1.807) is 5.57 Å². The maximum atomic E-state index is 6.08. The fourth-order valence-electron chi connectivity index (χ4n) is 4.77. The summed E-state index contributed by atoms with van der Waals surface area (Å²) in [5, 5.41) is 0. The van der Waals surface area contributed by atoms with Crippen molar-refractivity contribution in [2.24, 2.45) is 18.4 Å². The molecule has 0 unspecified atom stereocenters. The van der Waals surface area contributed by atoms with Gasteiger partial charge in [0, 0.05) is 0 Å². The molecule has 0 radical (unpaired) electrons. The number of hydrogen-bond acceptors (Lipinski definition) is 3. The SMILES string of the molecule is CC1=CCC[C@H](C)[C@@]1(C)CC/C(C)=C/CC/C(C)=C/Cn1c[n+](C)c2ncnc(N)c21.[Cl-]. The number of rotatable bonds is 8. The van der Waals surface area contributed by atoms with Crippen LogP contribution in [0.5, 0.6) is 0 Å². The Kier molecular flexibility index (Phi) is 9.08. The summed E-state index contributed by atoms with van der Waals surface area (Å²) >= 11 is 0. The molecule has 0 aromatic carbocycles. The standard InChI is InChI=1S/C26H40N5.ClH/c1-19(13-15-26(5)21(3)11-8-12-22(26)4)9-7-10-20(2)14-16-31-18-30(6)25-23(31)24(27)28-17-29-25;/h9,11,14,17-18,22H,7-8,10,12-13,15-16H2,1-6H3,(H2,27,28,29);1H/q+1;/p-1/b19-9+,20-14+;/t22-,26-;/m0./s1. The third-order valence-corrected chi connectivity index (χ3v) is 7.51. The molecular weight excluding hydrogens is 418 g/mol. The monoisotopic (exact) mass is 457 g/mol. The molecule has 2 aromatic rings. The third-order valence-electron chi connectivity index (χ3n) is 7.51. The molecule has 3 rings (SSSR count). The van der Waals surface area contributed by atoms with Crippen LogP contribution in [-0.2, 0) is 13.6 Å². The molecule has 2 heterocycles. The van der Waals surface area contributed by atoms with Gasteiger partial charge in [0.05, 0.1) is 13.6 Å². The van der Waals surface area contributed by atoms with Gasteiger partial charge in [-0.05, 0) is 70.6 Å². The first-order chi connectivity index (χ1) is 14.7. The van der Waals surface area contributed by atoms with Crippen LogP contribution in [0, 0.1) is 11.3 Å². The highest BCUT2D eigenvalue weighted by molar-refractivity contribution is 5.79. The number of fused-ring (bicyclic) bond motifs is 1. The van der Waals surface area contributed by atoms with E-state index in [1.165, 1.54) is 43.2 Å². The number of aromatic nitrogens is 4. The maximum Gasteiger partial charge on any atom is 0.307 e. The summed E-state index contributed by atoms with van der Waals surface area (Å²) in [5.41, 5.74) is 12.7. The molecule has 0 bridgehead atoms. The van der Waals surface area contributed by atoms with Crippen molar-refractivity contribution in [3.8, 4) is 0 Å². The number of nitrogens with two attached hydrogens (primary N) is 1. The summed E-state index contributed by atoms with van der Waals surface area (Å²) in [7, 11) is 1.99. The fourth-order valence-corrected chi connectivity index (χ4v) is 4.77. The van der Waals surface area contributed by atoms with E-state index >= 15 is 0 Å². The van der Waals surface area contributed by atoms with Crippen molar-refractivity contribution in [1.29, 1.82) is 0 Å². The average molecular weight is 458 g/mol. The lowest BCUT2D eigenvalue weighted by Gasteiger charge is -2.40. The Labute approximate surface area is 199 Å². The van der Waals surface area contributed by atoms with Crippen LogP contribution in [0.25, 0.3) is 11.2 Å². The third kappa shape index (κ3) is 5.80. The zero-order chi connectivity index (χ0) is 22.6. The summed E-state index contributed by atoms with van der Waals surface area (Å²) in [4.78, 5) is 8.49. The summed E-state index contributed by atoms with van der Waals surface area (Å²) in [6, 6.07) is 0. The van der Waals surface area contributed by atoms with Crippen molar-refractivity contribution >= 4 is 17.0 Å². The molecule has 1 aliphatic rings. The van der Waals surface area contributed by atoms with Gasteiger partial charge in [-0.15, -0.1) is 0 Å². The van der Waals surface area contributed by atoms with Crippen LogP contribution in [0.3, 0.4) is 0 Å². The molecule has 32 heavy (non-hydrogen) atoms. The van der Waals surface area contributed by atoms with Crippen molar-refractivity contribution in [1.82, 2.24) is 14.5 Å². The molecule has 0 saturated carbocycles. The van der Waals surface area contributed by atoms with Gasteiger partial charge in [-0.1, -0.05) is 53.8 Å². The fraction of sp³-hybridized carbons (Fsp3) is 0.577. The largest absolute Gasteiger partial charge is 1.00 e. The Balaban J connectivity index is 0.00000363. The Bertz CT molecular complexity index is 1020. The number of nitrogen functional groups attached to an aromatic ring is 1. The zero-order valence-corrected chi connectivity index (χ0v) is 21.4. The number of nitrogens with zero attached hydrogens (tertiary/aromatic N) is 4.